The molecule has 0 radical (unpaired) electrons. The Morgan fingerprint density at radius 3 is 2.36 bits per heavy atom. The number of pyridine rings is 2. The molecule has 3 aromatic heterocycles. The Kier molecular flexibility index (Phi) is 4.70. The van der Waals surface area contributed by atoms with Crippen LogP contribution in [0.15, 0.2) is 115 Å². The number of fused-ring (bicyclic) bond motifs is 3. The van der Waals surface area contributed by atoms with Crippen LogP contribution in [0.25, 0.3) is 38.8 Å². The zero-order valence-corrected chi connectivity index (χ0v) is 19.1. The minimum absolute atomic E-state index is 0.503. The van der Waals surface area contributed by atoms with E-state index in [1.807, 2.05) is 30.5 Å². The summed E-state index contributed by atoms with van der Waals surface area (Å²) in [4.78, 5) is 9.14. The topological polar surface area (TPSA) is 30.7 Å². The van der Waals surface area contributed by atoms with Crippen LogP contribution in [0, 0.1) is 0 Å². The van der Waals surface area contributed by atoms with E-state index in [9.17, 15) is 0 Å². The predicted molar refractivity (Wildman–Crippen MR) is 140 cm³/mol. The van der Waals surface area contributed by atoms with Gasteiger partial charge in [-0.1, -0.05) is 60.7 Å². The van der Waals surface area contributed by atoms with Crippen LogP contribution in [-0.4, -0.2) is 21.2 Å². The first-order valence-electron chi connectivity index (χ1n) is 11.4. The third-order valence-electron chi connectivity index (χ3n) is 6.03. The van der Waals surface area contributed by atoms with E-state index in [1.54, 1.807) is 6.20 Å². The molecule has 0 aliphatic heterocycles. The van der Waals surface area contributed by atoms with Crippen molar-refractivity contribution in [3.05, 3.63) is 115 Å². The molecule has 0 N–H and O–H groups in total. The lowest BCUT2D eigenvalue weighted by Crippen LogP contribution is -2.13. The number of para-hydroxylation sites is 1. The second-order valence-electron chi connectivity index (χ2n) is 7.99. The third-order valence-corrected chi connectivity index (χ3v) is 7.96. The molecule has 0 saturated heterocycles. The quantitative estimate of drug-likeness (QED) is 0.299. The maximum absolute atomic E-state index is 8.26. The number of benzene rings is 3. The van der Waals surface area contributed by atoms with Crippen LogP contribution in [0.3, 0.4) is 0 Å². The van der Waals surface area contributed by atoms with Crippen molar-refractivity contribution in [1.29, 1.82) is 0 Å². The number of hydrogen-bond donors (Lipinski definition) is 0. The molecule has 3 heterocycles. The molecular formula is C29H22N3P. The number of nitrogens with zero attached hydrogens (tertiary/aromatic N) is 3. The average molecular weight is 444 g/mol. The molecule has 0 amide bonds. The first kappa shape index (κ1) is 18.7. The van der Waals surface area contributed by atoms with Gasteiger partial charge < -0.3 is 0 Å². The highest BCUT2D eigenvalue weighted by molar-refractivity contribution is 7.72. The Bertz CT molecular complexity index is 1640. The van der Waals surface area contributed by atoms with Crippen LogP contribution in [0.1, 0.15) is 1.37 Å². The summed E-state index contributed by atoms with van der Waals surface area (Å²) in [5.74, 6) is 0.912. The van der Waals surface area contributed by atoms with Crippen molar-refractivity contribution in [2.24, 2.45) is 0 Å². The van der Waals surface area contributed by atoms with Gasteiger partial charge in [0.2, 0.25) is 0 Å². The molecule has 1 atom stereocenters. The summed E-state index contributed by atoms with van der Waals surface area (Å²) in [6.45, 7) is 2.18. The highest BCUT2D eigenvalue weighted by Gasteiger charge is 2.14. The molecule has 3 aromatic carbocycles. The summed E-state index contributed by atoms with van der Waals surface area (Å²) in [5, 5.41) is 3.65. The van der Waals surface area contributed by atoms with Gasteiger partial charge in [0.1, 0.15) is 5.82 Å². The molecule has 0 bridgehead atoms. The number of rotatable bonds is 4. The molecule has 1 unspecified atom stereocenters. The van der Waals surface area contributed by atoms with Crippen LogP contribution in [0.5, 0.6) is 0 Å². The van der Waals surface area contributed by atoms with Crippen LogP contribution in [0.4, 0.5) is 0 Å². The molecule has 0 fully saturated rings. The summed E-state index contributed by atoms with van der Waals surface area (Å²) in [6, 6.07) is 34.0. The Balaban J connectivity index is 1.51. The largest absolute Gasteiger partial charge is 0.294 e. The summed E-state index contributed by atoms with van der Waals surface area (Å²) in [5.41, 5.74) is 5.47. The van der Waals surface area contributed by atoms with E-state index in [2.05, 4.69) is 94.0 Å². The standard InChI is InChI=1S/C29H22N3P/c1-33(29-14-5-7-18-31-29)23-10-8-9-21(19-23)22-15-16-25-24-11-2-3-12-26(24)32(27(25)20-22)28-13-4-6-17-30-28/h2-20H,1H3/i14D. The molecule has 0 saturated carbocycles. The van der Waals surface area contributed by atoms with Crippen LogP contribution < -0.4 is 10.7 Å². The molecule has 33 heavy (non-hydrogen) atoms. The van der Waals surface area contributed by atoms with E-state index in [0.29, 0.717) is 6.04 Å². The smallest absolute Gasteiger partial charge is 0.137 e. The Hall–Kier alpha value is -3.81. The maximum Gasteiger partial charge on any atom is 0.137 e. The third kappa shape index (κ3) is 3.51. The van der Waals surface area contributed by atoms with E-state index in [4.69, 9.17) is 1.37 Å². The van der Waals surface area contributed by atoms with Gasteiger partial charge in [-0.3, -0.25) is 9.55 Å². The van der Waals surface area contributed by atoms with Gasteiger partial charge in [-0.25, -0.2) is 4.98 Å². The lowest BCUT2D eigenvalue weighted by molar-refractivity contribution is 1.08. The van der Waals surface area contributed by atoms with Crippen molar-refractivity contribution in [2.75, 3.05) is 6.66 Å². The molecule has 0 aliphatic rings. The fourth-order valence-corrected chi connectivity index (χ4v) is 5.79. The van der Waals surface area contributed by atoms with Gasteiger partial charge in [-0.05, 0) is 73.5 Å². The van der Waals surface area contributed by atoms with Gasteiger partial charge in [0, 0.05) is 23.2 Å². The molecular weight excluding hydrogens is 421 g/mol. The first-order valence-corrected chi connectivity index (χ1v) is 12.7. The molecule has 4 heteroatoms. The second kappa shape index (κ2) is 8.27. The predicted octanol–water partition coefficient (Wildman–Crippen LogP) is 6.30. The fourth-order valence-electron chi connectivity index (χ4n) is 4.40. The summed E-state index contributed by atoms with van der Waals surface area (Å²) >= 11 is 0. The summed E-state index contributed by atoms with van der Waals surface area (Å²) in [6.07, 6.45) is 3.62. The number of aromatic nitrogens is 3. The van der Waals surface area contributed by atoms with Gasteiger partial charge in [0.15, 0.2) is 0 Å². The monoisotopic (exact) mass is 444 g/mol. The van der Waals surface area contributed by atoms with Gasteiger partial charge in [-0.15, -0.1) is 0 Å². The Labute approximate surface area is 195 Å². The van der Waals surface area contributed by atoms with Gasteiger partial charge >= 0.3 is 0 Å². The van der Waals surface area contributed by atoms with Crippen molar-refractivity contribution in [2.45, 2.75) is 0 Å². The average Bonchev–Trinajstić information content (AvgIpc) is 3.23. The first-order chi connectivity index (χ1) is 16.7. The highest BCUT2D eigenvalue weighted by Crippen LogP contribution is 2.35. The van der Waals surface area contributed by atoms with Crippen LogP contribution in [-0.2, 0) is 0 Å². The van der Waals surface area contributed by atoms with E-state index >= 15 is 0 Å². The molecule has 0 aliphatic carbocycles. The molecule has 3 nitrogen and oxygen atoms in total. The lowest BCUT2D eigenvalue weighted by atomic mass is 10.0. The van der Waals surface area contributed by atoms with E-state index < -0.39 is 7.92 Å². The van der Waals surface area contributed by atoms with Gasteiger partial charge in [0.25, 0.3) is 0 Å². The lowest BCUT2D eigenvalue weighted by Gasteiger charge is -2.13. The molecule has 6 aromatic rings. The van der Waals surface area contributed by atoms with Crippen molar-refractivity contribution >= 4 is 40.5 Å². The van der Waals surface area contributed by atoms with Crippen molar-refractivity contribution < 1.29 is 1.37 Å². The Morgan fingerprint density at radius 1 is 0.697 bits per heavy atom. The SMILES string of the molecule is [2H]c1cccnc1P(C)c1cccc(-c2ccc3c4ccccc4n(-c4ccccn4)c3c2)c1. The minimum Gasteiger partial charge on any atom is -0.294 e. The van der Waals surface area contributed by atoms with E-state index in [0.717, 1.165) is 33.4 Å². The minimum atomic E-state index is -0.705. The van der Waals surface area contributed by atoms with Crippen LogP contribution in [0.2, 0.25) is 0 Å². The van der Waals surface area contributed by atoms with E-state index in [1.165, 1.54) is 16.1 Å². The van der Waals surface area contributed by atoms with Crippen molar-refractivity contribution in [3.63, 3.8) is 0 Å². The molecule has 6 rings (SSSR count). The summed E-state index contributed by atoms with van der Waals surface area (Å²) < 4.78 is 10.5. The zero-order chi connectivity index (χ0) is 23.1. The zero-order valence-electron chi connectivity index (χ0n) is 19.2. The second-order valence-corrected chi connectivity index (χ2v) is 10.0. The highest BCUT2D eigenvalue weighted by atomic mass is 31.1. The van der Waals surface area contributed by atoms with Gasteiger partial charge in [-0.2, -0.15) is 0 Å². The molecule has 0 spiro atoms. The number of hydrogen-bond acceptors (Lipinski definition) is 2. The fraction of sp³-hybridized carbons (Fsp3) is 0.0345. The van der Waals surface area contributed by atoms with Crippen LogP contribution >= 0.6 is 7.92 Å². The molecule has 158 valence electrons. The van der Waals surface area contributed by atoms with Crippen molar-refractivity contribution in [1.82, 2.24) is 14.5 Å². The van der Waals surface area contributed by atoms with E-state index in [-0.39, 0.29) is 0 Å². The van der Waals surface area contributed by atoms with Crippen molar-refractivity contribution in [3.8, 4) is 16.9 Å². The Morgan fingerprint density at radius 2 is 1.48 bits per heavy atom. The normalized spacial score (nSPS) is 12.7. The summed E-state index contributed by atoms with van der Waals surface area (Å²) in [7, 11) is -0.705. The van der Waals surface area contributed by atoms with Gasteiger partial charge in [0.05, 0.1) is 17.8 Å². The maximum atomic E-state index is 8.26.